The van der Waals surface area contributed by atoms with Crippen molar-refractivity contribution in [3.05, 3.63) is 83.7 Å². The molecule has 1 aromatic heterocycles. The van der Waals surface area contributed by atoms with Crippen LogP contribution in [0.3, 0.4) is 0 Å². The van der Waals surface area contributed by atoms with Crippen LogP contribution in [0.25, 0.3) is 0 Å². The van der Waals surface area contributed by atoms with Gasteiger partial charge in [-0.05, 0) is 53.6 Å². The molecule has 34 heavy (non-hydrogen) atoms. The number of aliphatic hydroxyl groups is 1. The Morgan fingerprint density at radius 2 is 1.82 bits per heavy atom. The third-order valence-corrected chi connectivity index (χ3v) is 5.88. The molecule has 2 aromatic carbocycles. The minimum atomic E-state index is -0.538. The fourth-order valence-corrected chi connectivity index (χ4v) is 4.10. The fourth-order valence-electron chi connectivity index (χ4n) is 4.10. The number of carbonyl (C=O) groups excluding carboxylic acids is 2. The molecule has 0 spiro atoms. The Morgan fingerprint density at radius 3 is 2.59 bits per heavy atom. The highest BCUT2D eigenvalue weighted by Crippen LogP contribution is 2.33. The van der Waals surface area contributed by atoms with Gasteiger partial charge in [0.25, 0.3) is 5.91 Å². The van der Waals surface area contributed by atoms with Gasteiger partial charge in [-0.1, -0.05) is 12.1 Å². The molecule has 2 aliphatic heterocycles. The summed E-state index contributed by atoms with van der Waals surface area (Å²) < 4.78 is 16.4. The van der Waals surface area contributed by atoms with Crippen molar-refractivity contribution in [2.24, 2.45) is 0 Å². The largest absolute Gasteiger partial charge is 0.454 e. The summed E-state index contributed by atoms with van der Waals surface area (Å²) in [5.74, 6) is 0.698. The molecule has 3 heterocycles. The summed E-state index contributed by atoms with van der Waals surface area (Å²) in [6, 6.07) is 15.3. The molecule has 0 bridgehead atoms. The topological polar surface area (TPSA) is 110 Å². The Balaban J connectivity index is 1.29. The van der Waals surface area contributed by atoms with E-state index >= 15 is 0 Å². The Hall–Kier alpha value is -3.95. The minimum absolute atomic E-state index is 0.0746. The zero-order valence-electron chi connectivity index (χ0n) is 18.2. The van der Waals surface area contributed by atoms with Gasteiger partial charge in [-0.25, -0.2) is 0 Å². The lowest BCUT2D eigenvalue weighted by atomic mass is 9.98. The van der Waals surface area contributed by atoms with E-state index in [1.165, 1.54) is 0 Å². The number of amides is 2. The maximum atomic E-state index is 12.6. The molecule has 0 aliphatic carbocycles. The van der Waals surface area contributed by atoms with Crippen molar-refractivity contribution in [3.63, 3.8) is 0 Å². The highest BCUT2D eigenvalue weighted by molar-refractivity contribution is 6.04. The van der Waals surface area contributed by atoms with Crippen LogP contribution in [-0.2, 0) is 16.1 Å². The van der Waals surface area contributed by atoms with E-state index in [4.69, 9.17) is 14.2 Å². The van der Waals surface area contributed by atoms with Gasteiger partial charge in [-0.2, -0.15) is 0 Å². The molecule has 1 fully saturated rings. The van der Waals surface area contributed by atoms with Crippen LogP contribution in [0.1, 0.15) is 27.6 Å². The number of hydrogen-bond acceptors (Lipinski definition) is 7. The normalized spacial score (nSPS) is 19.2. The van der Waals surface area contributed by atoms with Gasteiger partial charge in [0.15, 0.2) is 11.5 Å². The third kappa shape index (κ3) is 4.43. The monoisotopic (exact) mass is 461 g/mol. The molecule has 9 nitrogen and oxygen atoms in total. The number of rotatable bonds is 6. The average molecular weight is 461 g/mol. The summed E-state index contributed by atoms with van der Waals surface area (Å²) in [5.41, 5.74) is 2.78. The van der Waals surface area contributed by atoms with Crippen LogP contribution in [0.4, 0.5) is 5.69 Å². The second-order valence-electron chi connectivity index (χ2n) is 8.00. The van der Waals surface area contributed by atoms with E-state index in [1.54, 1.807) is 47.6 Å². The number of carbonyl (C=O) groups is 2. The number of ether oxygens (including phenoxy) is 3. The van der Waals surface area contributed by atoms with Crippen LogP contribution in [0.5, 0.6) is 11.5 Å². The number of pyridine rings is 1. The van der Waals surface area contributed by atoms with Crippen molar-refractivity contribution in [2.75, 3.05) is 25.3 Å². The maximum absolute atomic E-state index is 12.6. The SMILES string of the molecule is O=C(Nc1ccc([C@H]2OCC(=O)N(Cc3ccncc3)[C@@H]2CO)cc1)c1ccc2c(c1)OCO2. The Kier molecular flexibility index (Phi) is 6.11. The van der Waals surface area contributed by atoms with Crippen molar-refractivity contribution >= 4 is 17.5 Å². The lowest BCUT2D eigenvalue weighted by molar-refractivity contribution is -0.162. The first-order valence-electron chi connectivity index (χ1n) is 10.8. The van der Waals surface area contributed by atoms with Crippen LogP contribution in [0.15, 0.2) is 67.0 Å². The quantitative estimate of drug-likeness (QED) is 0.580. The molecule has 2 amide bonds. The highest BCUT2D eigenvalue weighted by atomic mass is 16.7. The number of aliphatic hydroxyl groups excluding tert-OH is 1. The van der Waals surface area contributed by atoms with E-state index in [1.807, 2.05) is 24.3 Å². The molecule has 0 unspecified atom stereocenters. The number of nitrogens with zero attached hydrogens (tertiary/aromatic N) is 2. The minimum Gasteiger partial charge on any atom is -0.454 e. The van der Waals surface area contributed by atoms with E-state index in [0.29, 0.717) is 29.3 Å². The molecular weight excluding hydrogens is 438 g/mol. The van der Waals surface area contributed by atoms with E-state index < -0.39 is 12.1 Å². The molecule has 2 atom stereocenters. The van der Waals surface area contributed by atoms with Gasteiger partial charge in [-0.3, -0.25) is 14.6 Å². The van der Waals surface area contributed by atoms with Crippen molar-refractivity contribution in [1.82, 2.24) is 9.88 Å². The standard InChI is InChI=1S/C25H23N3O6/c29-13-20-24(32-14-23(30)28(20)12-16-7-9-26-10-8-16)17-1-4-19(5-2-17)27-25(31)18-3-6-21-22(11-18)34-15-33-21/h1-11,20,24,29H,12-15H2,(H,27,31)/t20-,24-/m1/s1. The van der Waals surface area contributed by atoms with Gasteiger partial charge in [-0.15, -0.1) is 0 Å². The zero-order valence-corrected chi connectivity index (χ0v) is 18.2. The summed E-state index contributed by atoms with van der Waals surface area (Å²) in [6.07, 6.45) is 2.84. The van der Waals surface area contributed by atoms with Crippen LogP contribution in [0.2, 0.25) is 0 Å². The number of morpholine rings is 1. The molecule has 9 heteroatoms. The van der Waals surface area contributed by atoms with E-state index in [2.05, 4.69) is 10.3 Å². The Morgan fingerprint density at radius 1 is 1.06 bits per heavy atom. The number of nitrogens with one attached hydrogen (secondary N) is 1. The summed E-state index contributed by atoms with van der Waals surface area (Å²) in [5, 5.41) is 13.0. The van der Waals surface area contributed by atoms with Gasteiger partial charge >= 0.3 is 0 Å². The van der Waals surface area contributed by atoms with Gasteiger partial charge in [0.1, 0.15) is 12.7 Å². The smallest absolute Gasteiger partial charge is 0.255 e. The van der Waals surface area contributed by atoms with Crippen LogP contribution in [-0.4, -0.2) is 52.9 Å². The zero-order chi connectivity index (χ0) is 23.5. The maximum Gasteiger partial charge on any atom is 0.255 e. The number of benzene rings is 2. The van der Waals surface area contributed by atoms with Crippen LogP contribution in [0, 0.1) is 0 Å². The second-order valence-corrected chi connectivity index (χ2v) is 8.00. The lowest BCUT2D eigenvalue weighted by Crippen LogP contribution is -2.52. The first kappa shape index (κ1) is 21.9. The van der Waals surface area contributed by atoms with Crippen molar-refractivity contribution < 1.29 is 28.9 Å². The van der Waals surface area contributed by atoms with Gasteiger partial charge in [0.05, 0.1) is 12.6 Å². The summed E-state index contributed by atoms with van der Waals surface area (Å²) in [4.78, 5) is 30.8. The summed E-state index contributed by atoms with van der Waals surface area (Å²) >= 11 is 0. The van der Waals surface area contributed by atoms with Gasteiger partial charge < -0.3 is 29.5 Å². The number of fused-ring (bicyclic) bond motifs is 1. The van der Waals surface area contributed by atoms with E-state index in [0.717, 1.165) is 11.1 Å². The predicted octanol–water partition coefficient (Wildman–Crippen LogP) is 2.52. The summed E-state index contributed by atoms with van der Waals surface area (Å²) in [6.45, 7) is 0.181. The first-order chi connectivity index (χ1) is 16.6. The molecule has 0 saturated carbocycles. The molecule has 1 saturated heterocycles. The molecule has 174 valence electrons. The van der Waals surface area contributed by atoms with Crippen molar-refractivity contribution in [2.45, 2.75) is 18.7 Å². The number of anilines is 1. The van der Waals surface area contributed by atoms with Crippen molar-refractivity contribution in [1.29, 1.82) is 0 Å². The third-order valence-electron chi connectivity index (χ3n) is 5.88. The molecule has 2 N–H and O–H groups in total. The van der Waals surface area contributed by atoms with Gasteiger partial charge in [0.2, 0.25) is 12.7 Å². The molecule has 0 radical (unpaired) electrons. The van der Waals surface area contributed by atoms with E-state index in [-0.39, 0.29) is 31.8 Å². The number of aromatic nitrogens is 1. The molecule has 5 rings (SSSR count). The Labute approximate surface area is 195 Å². The molecule has 3 aromatic rings. The lowest BCUT2D eigenvalue weighted by Gasteiger charge is -2.40. The van der Waals surface area contributed by atoms with Crippen LogP contribution < -0.4 is 14.8 Å². The first-order valence-corrected chi connectivity index (χ1v) is 10.8. The summed E-state index contributed by atoms with van der Waals surface area (Å²) in [7, 11) is 0. The fraction of sp³-hybridized carbons (Fsp3) is 0.240. The Bertz CT molecular complexity index is 1190. The van der Waals surface area contributed by atoms with Gasteiger partial charge in [0, 0.05) is 30.2 Å². The molecular formula is C25H23N3O6. The predicted molar refractivity (Wildman–Crippen MR) is 121 cm³/mol. The molecule has 2 aliphatic rings. The van der Waals surface area contributed by atoms with E-state index in [9.17, 15) is 14.7 Å². The van der Waals surface area contributed by atoms with Crippen molar-refractivity contribution in [3.8, 4) is 11.5 Å². The highest BCUT2D eigenvalue weighted by Gasteiger charge is 2.37. The number of hydrogen-bond donors (Lipinski definition) is 2. The van der Waals surface area contributed by atoms with Crippen LogP contribution >= 0.6 is 0 Å². The second kappa shape index (κ2) is 9.50. The average Bonchev–Trinajstić information content (AvgIpc) is 3.34.